The first-order chi connectivity index (χ1) is 16.9. The first-order valence-electron chi connectivity index (χ1n) is 12.2. The third-order valence-electron chi connectivity index (χ3n) is 8.11. The molecule has 0 fully saturated rings. The van der Waals surface area contributed by atoms with Gasteiger partial charge in [0, 0.05) is 17.4 Å². The Morgan fingerprint density at radius 1 is 1.22 bits per heavy atom. The number of unbranched alkanes of at least 4 members (excludes halogenated alkanes) is 1. The molecule has 0 bridgehead atoms. The van der Waals surface area contributed by atoms with Crippen molar-refractivity contribution < 1.29 is 35.1 Å². The molecule has 0 aliphatic heterocycles. The number of primary amides is 1. The molecule has 4 rings (SSSR count). The summed E-state index contributed by atoms with van der Waals surface area (Å²) in [7, 11) is 3.22. The van der Waals surface area contributed by atoms with Crippen molar-refractivity contribution >= 4 is 11.7 Å². The summed E-state index contributed by atoms with van der Waals surface area (Å²) in [5.74, 6) is -5.74. The number of nitrogens with zero attached hydrogens (tertiary/aromatic N) is 1. The van der Waals surface area contributed by atoms with Gasteiger partial charge in [-0.3, -0.25) is 14.5 Å². The number of nitrogens with two attached hydrogens (primary N) is 1. The molecule has 0 saturated heterocycles. The minimum absolute atomic E-state index is 0.000949. The van der Waals surface area contributed by atoms with Gasteiger partial charge in [-0.15, -0.1) is 0 Å². The molecule has 0 heterocycles. The van der Waals surface area contributed by atoms with Crippen molar-refractivity contribution in [3.05, 3.63) is 52.0 Å². The Morgan fingerprint density at radius 3 is 2.47 bits per heavy atom. The Balaban J connectivity index is 2.03. The molecule has 0 saturated carbocycles. The van der Waals surface area contributed by atoms with Crippen LogP contribution in [0.4, 0.5) is 0 Å². The summed E-state index contributed by atoms with van der Waals surface area (Å²) in [5.41, 5.74) is 3.27. The Hall–Kier alpha value is -2.92. The summed E-state index contributed by atoms with van der Waals surface area (Å²) in [4.78, 5) is 27.8. The minimum atomic E-state index is -2.36. The molecular formula is C26H35N3O7. The molecule has 1 amide bonds. The van der Waals surface area contributed by atoms with E-state index in [0.717, 1.165) is 6.42 Å². The number of hydrogen-bond donors (Lipinski definition) is 7. The van der Waals surface area contributed by atoms with Gasteiger partial charge in [-0.1, -0.05) is 32.4 Å². The number of nitrogens with one attached hydrogen (secondary N) is 1. The molecule has 0 aromatic heterocycles. The number of likely N-dealkylation sites (N-methyl/N-ethyl adjacent to an activating group) is 1. The number of aliphatic hydroxyl groups is 4. The predicted molar refractivity (Wildman–Crippen MR) is 131 cm³/mol. The highest BCUT2D eigenvalue weighted by Gasteiger charge is 2.66. The maximum Gasteiger partial charge on any atom is 0.249 e. The minimum Gasteiger partial charge on any atom is -0.510 e. The summed E-state index contributed by atoms with van der Waals surface area (Å²) >= 11 is 0. The topological polar surface area (TPSA) is 177 Å². The maximum atomic E-state index is 13.7. The molecule has 0 spiro atoms. The molecule has 1 aromatic carbocycles. The van der Waals surface area contributed by atoms with Crippen LogP contribution >= 0.6 is 0 Å². The molecule has 3 aliphatic rings. The van der Waals surface area contributed by atoms with Crippen molar-refractivity contribution in [3.8, 4) is 5.75 Å². The van der Waals surface area contributed by atoms with Gasteiger partial charge in [-0.2, -0.15) is 0 Å². The zero-order chi connectivity index (χ0) is 26.7. The predicted octanol–water partition coefficient (Wildman–Crippen LogP) is 0.842. The van der Waals surface area contributed by atoms with E-state index in [2.05, 4.69) is 5.32 Å². The third-order valence-corrected chi connectivity index (χ3v) is 8.11. The van der Waals surface area contributed by atoms with Crippen molar-refractivity contribution in [2.45, 2.75) is 56.4 Å². The lowest BCUT2D eigenvalue weighted by atomic mass is 9.54. The van der Waals surface area contributed by atoms with Gasteiger partial charge in [-0.05, 0) is 44.6 Å². The van der Waals surface area contributed by atoms with Crippen LogP contribution in [0.15, 0.2) is 40.9 Å². The van der Waals surface area contributed by atoms with Crippen molar-refractivity contribution in [2.75, 3.05) is 20.6 Å². The molecule has 10 nitrogen and oxygen atoms in total. The molecule has 10 heteroatoms. The second-order valence-electron chi connectivity index (χ2n) is 10.3. The fraction of sp³-hybridized carbons (Fsp3) is 0.538. The lowest BCUT2D eigenvalue weighted by Crippen LogP contribution is -2.72. The number of aromatic hydroxyl groups is 1. The van der Waals surface area contributed by atoms with Crippen molar-refractivity contribution in [3.63, 3.8) is 0 Å². The number of hydrogen-bond acceptors (Lipinski definition) is 9. The number of carbonyl (C=O) groups is 2. The monoisotopic (exact) mass is 501 g/mol. The molecule has 196 valence electrons. The first-order valence-corrected chi connectivity index (χ1v) is 12.2. The molecule has 3 aliphatic carbocycles. The number of amides is 1. The van der Waals surface area contributed by atoms with Crippen LogP contribution in [0.5, 0.6) is 5.75 Å². The maximum absolute atomic E-state index is 13.7. The van der Waals surface area contributed by atoms with E-state index in [4.69, 9.17) is 5.73 Å². The molecule has 7 atom stereocenters. The smallest absolute Gasteiger partial charge is 0.249 e. The number of benzene rings is 1. The van der Waals surface area contributed by atoms with E-state index < -0.39 is 64.8 Å². The van der Waals surface area contributed by atoms with Crippen LogP contribution in [-0.2, 0) is 4.79 Å². The van der Waals surface area contributed by atoms with Crippen molar-refractivity contribution in [2.24, 2.45) is 17.6 Å². The van der Waals surface area contributed by atoms with E-state index in [9.17, 15) is 35.1 Å². The third kappa shape index (κ3) is 3.47. The van der Waals surface area contributed by atoms with Crippen LogP contribution < -0.4 is 11.1 Å². The highest BCUT2D eigenvalue weighted by Crippen LogP contribution is 2.56. The van der Waals surface area contributed by atoms with E-state index >= 15 is 0 Å². The van der Waals surface area contributed by atoms with E-state index in [1.165, 1.54) is 11.0 Å². The number of fused-ring (bicyclic) bond motifs is 3. The fourth-order valence-corrected chi connectivity index (χ4v) is 6.47. The summed E-state index contributed by atoms with van der Waals surface area (Å²) in [6, 6.07) is 2.17. The van der Waals surface area contributed by atoms with Crippen LogP contribution in [-0.4, -0.2) is 86.6 Å². The number of ketones is 1. The van der Waals surface area contributed by atoms with Gasteiger partial charge in [0.15, 0.2) is 5.78 Å². The molecule has 2 unspecified atom stereocenters. The standard InChI is InChI=1S/C26H35N3O7/c1-5-6-10-28-23-17(25(27)35)22(33)19(29(3)4)18-21(32)14-11(2)12-8-7-9-13(30)15(12)20(31)16(14)24(34)26(18,23)36/h7-9,11,14,18-19,21,23,28,30,32-34,36H,5-6,10H2,1-4H3,(H2,27,35)/t11-,14?,18?,19-,21-,23+,26+/m0/s1. The van der Waals surface area contributed by atoms with Gasteiger partial charge in [0.2, 0.25) is 5.91 Å². The number of phenolic OH excluding ortho intramolecular Hbond substituents is 1. The first kappa shape index (κ1) is 26.2. The number of carbonyl (C=O) groups excluding carboxylic acids is 2. The van der Waals surface area contributed by atoms with E-state index in [-0.39, 0.29) is 22.5 Å². The van der Waals surface area contributed by atoms with Crippen LogP contribution in [0.2, 0.25) is 0 Å². The quantitative estimate of drug-likeness (QED) is 0.278. The van der Waals surface area contributed by atoms with Gasteiger partial charge in [0.05, 0.1) is 29.3 Å². The molecule has 8 N–H and O–H groups in total. The van der Waals surface area contributed by atoms with Crippen molar-refractivity contribution in [1.82, 2.24) is 10.2 Å². The van der Waals surface area contributed by atoms with Gasteiger partial charge in [0.25, 0.3) is 0 Å². The number of aliphatic hydroxyl groups excluding tert-OH is 3. The summed E-state index contributed by atoms with van der Waals surface area (Å²) in [6.45, 7) is 4.03. The lowest BCUT2D eigenvalue weighted by molar-refractivity contribution is -0.147. The van der Waals surface area contributed by atoms with E-state index in [1.807, 2.05) is 6.92 Å². The number of rotatable bonds is 6. The average Bonchev–Trinajstić information content (AvgIpc) is 2.80. The lowest BCUT2D eigenvalue weighted by Gasteiger charge is -2.57. The number of phenols is 1. The fourth-order valence-electron chi connectivity index (χ4n) is 6.47. The second-order valence-corrected chi connectivity index (χ2v) is 10.3. The van der Waals surface area contributed by atoms with Gasteiger partial charge in [0.1, 0.15) is 22.9 Å². The Bertz CT molecular complexity index is 1160. The highest BCUT2D eigenvalue weighted by molar-refractivity contribution is 6.14. The van der Waals surface area contributed by atoms with Crippen LogP contribution in [0.3, 0.4) is 0 Å². The highest BCUT2D eigenvalue weighted by atomic mass is 16.3. The van der Waals surface area contributed by atoms with E-state index in [0.29, 0.717) is 18.5 Å². The zero-order valence-electron chi connectivity index (χ0n) is 20.9. The summed E-state index contributed by atoms with van der Waals surface area (Å²) in [6.07, 6.45) is 0.0311. The second kappa shape index (κ2) is 9.19. The number of Topliss-reactive ketones (excluding diaryl/α,β-unsaturated/α-hetero) is 1. The summed E-state index contributed by atoms with van der Waals surface area (Å²) < 4.78 is 0. The van der Waals surface area contributed by atoms with E-state index in [1.54, 1.807) is 33.2 Å². The largest absolute Gasteiger partial charge is 0.510 e. The van der Waals surface area contributed by atoms with Gasteiger partial charge < -0.3 is 36.6 Å². The van der Waals surface area contributed by atoms with Crippen molar-refractivity contribution in [1.29, 1.82) is 0 Å². The molecule has 36 heavy (non-hydrogen) atoms. The molecular weight excluding hydrogens is 466 g/mol. The SMILES string of the molecule is CCCCN[C@@H]1C(C(N)=O)=C(O)[C@@H](N(C)C)C2[C@@H](O)C3C(=C(O)[C@@]21O)C(=O)c1c(O)cccc1[C@@H]3C. The zero-order valence-corrected chi connectivity index (χ0v) is 20.9. The van der Waals surface area contributed by atoms with Crippen LogP contribution in [0, 0.1) is 11.8 Å². The van der Waals surface area contributed by atoms with Crippen LogP contribution in [0.1, 0.15) is 48.5 Å². The van der Waals surface area contributed by atoms with Crippen LogP contribution in [0.25, 0.3) is 0 Å². The normalized spacial score (nSPS) is 33.9. The average molecular weight is 502 g/mol. The summed E-state index contributed by atoms with van der Waals surface area (Å²) in [5, 5.41) is 60.5. The molecule has 0 radical (unpaired) electrons. The van der Waals surface area contributed by atoms with Gasteiger partial charge >= 0.3 is 0 Å². The molecule has 1 aromatic rings. The Kier molecular flexibility index (Phi) is 6.67. The van der Waals surface area contributed by atoms with Gasteiger partial charge in [-0.25, -0.2) is 0 Å². The Morgan fingerprint density at radius 2 is 1.89 bits per heavy atom. The Labute approximate surface area is 209 Å².